The SMILES string of the molecule is O=C(NCc1cccs1)c1cc2n(n1)CC(c1ccc3c(c1)OCO3)OC2. The van der Waals surface area contributed by atoms with Gasteiger partial charge < -0.3 is 19.5 Å². The van der Waals surface area contributed by atoms with Crippen molar-refractivity contribution in [3.63, 3.8) is 0 Å². The van der Waals surface area contributed by atoms with Gasteiger partial charge in [-0.3, -0.25) is 9.48 Å². The van der Waals surface area contributed by atoms with Crippen LogP contribution in [0.2, 0.25) is 0 Å². The van der Waals surface area contributed by atoms with E-state index in [9.17, 15) is 4.79 Å². The van der Waals surface area contributed by atoms with E-state index in [0.717, 1.165) is 27.6 Å². The van der Waals surface area contributed by atoms with Crippen molar-refractivity contribution in [3.05, 3.63) is 63.6 Å². The lowest BCUT2D eigenvalue weighted by Gasteiger charge is -2.24. The first-order chi connectivity index (χ1) is 13.3. The van der Waals surface area contributed by atoms with Crippen molar-refractivity contribution in [1.82, 2.24) is 15.1 Å². The largest absolute Gasteiger partial charge is 0.454 e. The van der Waals surface area contributed by atoms with Crippen LogP contribution in [-0.4, -0.2) is 22.5 Å². The first kappa shape index (κ1) is 16.3. The van der Waals surface area contributed by atoms with E-state index in [4.69, 9.17) is 14.2 Å². The number of benzene rings is 1. The molecule has 1 atom stereocenters. The lowest BCUT2D eigenvalue weighted by molar-refractivity contribution is -0.00128. The van der Waals surface area contributed by atoms with Crippen molar-refractivity contribution in [3.8, 4) is 11.5 Å². The average molecular weight is 383 g/mol. The molecule has 3 aromatic rings. The standard InChI is InChI=1S/C19H17N3O4S/c23-19(20-8-14-2-1-5-27-14)15-7-13-10-24-18(9-22(13)21-15)12-3-4-16-17(6-12)26-11-25-16/h1-7,18H,8-11H2,(H,20,23). The number of carbonyl (C=O) groups excluding carboxylic acids is 1. The third-order valence-corrected chi connectivity index (χ3v) is 5.52. The second-order valence-corrected chi connectivity index (χ2v) is 7.41. The molecular formula is C19H17N3O4S. The number of aromatic nitrogens is 2. The van der Waals surface area contributed by atoms with Crippen LogP contribution < -0.4 is 14.8 Å². The van der Waals surface area contributed by atoms with Gasteiger partial charge in [-0.25, -0.2) is 0 Å². The third kappa shape index (κ3) is 3.17. The van der Waals surface area contributed by atoms with Gasteiger partial charge in [-0.15, -0.1) is 11.3 Å². The number of ether oxygens (including phenoxy) is 3. The molecule has 2 aliphatic heterocycles. The Balaban J connectivity index is 1.29. The average Bonchev–Trinajstić information content (AvgIpc) is 3.45. The van der Waals surface area contributed by atoms with E-state index < -0.39 is 0 Å². The second-order valence-electron chi connectivity index (χ2n) is 6.38. The summed E-state index contributed by atoms with van der Waals surface area (Å²) in [6.45, 7) is 1.71. The van der Waals surface area contributed by atoms with Gasteiger partial charge >= 0.3 is 0 Å². The molecular weight excluding hydrogens is 366 g/mol. The summed E-state index contributed by atoms with van der Waals surface area (Å²) in [6, 6.07) is 11.6. The Morgan fingerprint density at radius 3 is 3.07 bits per heavy atom. The monoisotopic (exact) mass is 383 g/mol. The van der Waals surface area contributed by atoms with Crippen LogP contribution in [0, 0.1) is 0 Å². The van der Waals surface area contributed by atoms with Crippen molar-refractivity contribution >= 4 is 17.2 Å². The van der Waals surface area contributed by atoms with Gasteiger partial charge in [-0.1, -0.05) is 12.1 Å². The Morgan fingerprint density at radius 1 is 1.26 bits per heavy atom. The zero-order valence-electron chi connectivity index (χ0n) is 14.4. The first-order valence-corrected chi connectivity index (χ1v) is 9.53. The number of nitrogens with one attached hydrogen (secondary N) is 1. The molecule has 5 rings (SSSR count). The molecule has 0 radical (unpaired) electrons. The van der Waals surface area contributed by atoms with E-state index in [-0.39, 0.29) is 18.8 Å². The summed E-state index contributed by atoms with van der Waals surface area (Å²) in [7, 11) is 0. The number of carbonyl (C=O) groups is 1. The van der Waals surface area contributed by atoms with Crippen molar-refractivity contribution in [2.75, 3.05) is 6.79 Å². The van der Waals surface area contributed by atoms with Crippen LogP contribution in [0.25, 0.3) is 0 Å². The zero-order valence-corrected chi connectivity index (χ0v) is 15.2. The molecule has 0 bridgehead atoms. The molecule has 1 N–H and O–H groups in total. The highest BCUT2D eigenvalue weighted by atomic mass is 32.1. The Bertz CT molecular complexity index is 983. The maximum absolute atomic E-state index is 12.4. The lowest BCUT2D eigenvalue weighted by atomic mass is 10.1. The quantitative estimate of drug-likeness (QED) is 0.750. The maximum Gasteiger partial charge on any atom is 0.272 e. The molecule has 138 valence electrons. The summed E-state index contributed by atoms with van der Waals surface area (Å²) in [5.41, 5.74) is 2.31. The summed E-state index contributed by atoms with van der Waals surface area (Å²) < 4.78 is 18.6. The van der Waals surface area contributed by atoms with Crippen molar-refractivity contribution in [2.24, 2.45) is 0 Å². The van der Waals surface area contributed by atoms with E-state index in [0.29, 0.717) is 25.4 Å². The molecule has 1 unspecified atom stereocenters. The van der Waals surface area contributed by atoms with Crippen LogP contribution in [-0.2, 0) is 24.4 Å². The minimum absolute atomic E-state index is 0.145. The molecule has 4 heterocycles. The number of amides is 1. The van der Waals surface area contributed by atoms with Gasteiger partial charge in [0.1, 0.15) is 6.10 Å². The summed E-state index contributed by atoms with van der Waals surface area (Å²) in [5.74, 6) is 1.31. The van der Waals surface area contributed by atoms with Crippen molar-refractivity contribution < 1.29 is 19.0 Å². The van der Waals surface area contributed by atoms with Gasteiger partial charge in [-0.2, -0.15) is 5.10 Å². The zero-order chi connectivity index (χ0) is 18.2. The van der Waals surface area contributed by atoms with Gasteiger partial charge in [0.25, 0.3) is 5.91 Å². The molecule has 2 aliphatic rings. The second kappa shape index (κ2) is 6.71. The molecule has 8 heteroatoms. The Hall–Kier alpha value is -2.84. The van der Waals surface area contributed by atoms with Crippen LogP contribution in [0.15, 0.2) is 41.8 Å². The lowest BCUT2D eigenvalue weighted by Crippen LogP contribution is -2.24. The molecule has 2 aromatic heterocycles. The third-order valence-electron chi connectivity index (χ3n) is 4.64. The molecule has 1 aromatic carbocycles. The summed E-state index contributed by atoms with van der Waals surface area (Å²) >= 11 is 1.61. The molecule has 0 fully saturated rings. The Morgan fingerprint density at radius 2 is 2.19 bits per heavy atom. The van der Waals surface area contributed by atoms with E-state index in [1.165, 1.54) is 0 Å². The minimum Gasteiger partial charge on any atom is -0.454 e. The summed E-state index contributed by atoms with van der Waals surface area (Å²) in [6.07, 6.45) is -0.145. The van der Waals surface area contributed by atoms with E-state index in [1.807, 2.05) is 40.4 Å². The highest BCUT2D eigenvalue weighted by Crippen LogP contribution is 2.36. The smallest absolute Gasteiger partial charge is 0.272 e. The Labute approximate surface area is 159 Å². The van der Waals surface area contributed by atoms with Crippen LogP contribution in [0.3, 0.4) is 0 Å². The van der Waals surface area contributed by atoms with Crippen LogP contribution in [0.5, 0.6) is 11.5 Å². The fraction of sp³-hybridized carbons (Fsp3) is 0.263. The number of rotatable bonds is 4. The van der Waals surface area contributed by atoms with Gasteiger partial charge in [0.2, 0.25) is 6.79 Å². The maximum atomic E-state index is 12.4. The predicted octanol–water partition coefficient (Wildman–Crippen LogP) is 2.87. The van der Waals surface area contributed by atoms with Gasteiger partial charge in [0, 0.05) is 4.88 Å². The fourth-order valence-corrected chi connectivity index (χ4v) is 3.87. The van der Waals surface area contributed by atoms with Gasteiger partial charge in [0.15, 0.2) is 17.2 Å². The van der Waals surface area contributed by atoms with E-state index in [1.54, 1.807) is 17.4 Å². The van der Waals surface area contributed by atoms with E-state index in [2.05, 4.69) is 10.4 Å². The first-order valence-electron chi connectivity index (χ1n) is 8.65. The number of nitrogens with zero attached hydrogens (tertiary/aromatic N) is 2. The molecule has 0 aliphatic carbocycles. The molecule has 0 saturated carbocycles. The molecule has 27 heavy (non-hydrogen) atoms. The minimum atomic E-state index is -0.176. The van der Waals surface area contributed by atoms with Crippen molar-refractivity contribution in [2.45, 2.75) is 25.8 Å². The number of hydrogen-bond donors (Lipinski definition) is 1. The van der Waals surface area contributed by atoms with E-state index >= 15 is 0 Å². The number of hydrogen-bond acceptors (Lipinski definition) is 6. The molecule has 7 nitrogen and oxygen atoms in total. The normalized spacial score (nSPS) is 17.6. The van der Waals surface area contributed by atoms with Crippen LogP contribution in [0.4, 0.5) is 0 Å². The Kier molecular flexibility index (Phi) is 4.06. The fourth-order valence-electron chi connectivity index (χ4n) is 3.22. The van der Waals surface area contributed by atoms with Crippen LogP contribution >= 0.6 is 11.3 Å². The van der Waals surface area contributed by atoms with Crippen LogP contribution in [0.1, 0.15) is 32.7 Å². The summed E-state index contributed by atoms with van der Waals surface area (Å²) in [5, 5.41) is 9.37. The van der Waals surface area contributed by atoms with Gasteiger partial charge in [-0.05, 0) is 35.2 Å². The van der Waals surface area contributed by atoms with Gasteiger partial charge in [0.05, 0.1) is 25.4 Å². The number of fused-ring (bicyclic) bond motifs is 2. The topological polar surface area (TPSA) is 74.6 Å². The molecule has 1 amide bonds. The highest BCUT2D eigenvalue weighted by Gasteiger charge is 2.25. The molecule has 0 saturated heterocycles. The predicted molar refractivity (Wildman–Crippen MR) is 97.8 cm³/mol. The highest BCUT2D eigenvalue weighted by molar-refractivity contribution is 7.09. The number of thiophene rings is 1. The molecule has 0 spiro atoms. The van der Waals surface area contributed by atoms with Crippen molar-refractivity contribution in [1.29, 1.82) is 0 Å². The summed E-state index contributed by atoms with van der Waals surface area (Å²) in [4.78, 5) is 13.5.